The molecule has 132 valence electrons. The molecule has 2 aliphatic heterocycles. The first-order valence-corrected chi connectivity index (χ1v) is 9.72. The normalized spacial score (nSPS) is 27.2. The number of fused-ring (bicyclic) bond motifs is 2. The second kappa shape index (κ2) is 6.93. The van der Waals surface area contributed by atoms with Crippen LogP contribution in [0.15, 0.2) is 60.7 Å². The predicted molar refractivity (Wildman–Crippen MR) is 102 cm³/mol. The number of hydrogen-bond donors (Lipinski definition) is 1. The third-order valence-corrected chi connectivity index (χ3v) is 6.52. The van der Waals surface area contributed by atoms with Gasteiger partial charge >= 0.3 is 0 Å². The van der Waals surface area contributed by atoms with Crippen molar-refractivity contribution in [2.24, 2.45) is 5.92 Å². The summed E-state index contributed by atoms with van der Waals surface area (Å²) in [4.78, 5) is 2.60. The van der Waals surface area contributed by atoms with E-state index >= 15 is 0 Å². The van der Waals surface area contributed by atoms with Crippen molar-refractivity contribution < 1.29 is 5.11 Å². The highest BCUT2D eigenvalue weighted by Gasteiger charge is 2.41. The molecular formula is C23H29NO. The van der Waals surface area contributed by atoms with E-state index in [0.717, 1.165) is 17.5 Å². The fourth-order valence-electron chi connectivity index (χ4n) is 5.14. The Balaban J connectivity index is 1.64. The molecule has 0 radical (unpaired) electrons. The Morgan fingerprint density at radius 3 is 1.84 bits per heavy atom. The van der Waals surface area contributed by atoms with E-state index in [1.54, 1.807) is 0 Å². The first-order valence-electron chi connectivity index (χ1n) is 9.72. The number of hydrogen-bond acceptors (Lipinski definition) is 2. The standard InChI is InChI=1S/C23H29NO/c1-24-21-13-8-14-22(24)16-18(15-21)17-23(25,19-9-4-2-5-10-19)20-11-6-3-7-12-20/h2-7,9-12,18,21-22,25H,8,13-17H2,1H3/t18-,21+,22-. The van der Waals surface area contributed by atoms with Crippen LogP contribution in [0.5, 0.6) is 0 Å². The molecule has 0 unspecified atom stereocenters. The number of aliphatic hydroxyl groups is 1. The minimum atomic E-state index is -0.891. The first-order chi connectivity index (χ1) is 12.2. The van der Waals surface area contributed by atoms with Crippen LogP contribution in [-0.2, 0) is 5.60 Å². The van der Waals surface area contributed by atoms with Crippen molar-refractivity contribution >= 4 is 0 Å². The number of benzene rings is 2. The third-order valence-electron chi connectivity index (χ3n) is 6.52. The van der Waals surface area contributed by atoms with Crippen molar-refractivity contribution in [3.05, 3.63) is 71.8 Å². The van der Waals surface area contributed by atoms with Gasteiger partial charge in [0, 0.05) is 12.1 Å². The van der Waals surface area contributed by atoms with E-state index in [2.05, 4.69) is 36.2 Å². The highest BCUT2D eigenvalue weighted by atomic mass is 16.3. The van der Waals surface area contributed by atoms with E-state index in [1.165, 1.54) is 32.1 Å². The Hall–Kier alpha value is -1.64. The van der Waals surface area contributed by atoms with Gasteiger partial charge in [-0.3, -0.25) is 0 Å². The van der Waals surface area contributed by atoms with Crippen LogP contribution in [0.1, 0.15) is 49.7 Å². The molecule has 2 fully saturated rings. The van der Waals surface area contributed by atoms with Crippen LogP contribution in [0.3, 0.4) is 0 Å². The van der Waals surface area contributed by atoms with Crippen LogP contribution >= 0.6 is 0 Å². The van der Waals surface area contributed by atoms with Crippen LogP contribution in [0, 0.1) is 5.92 Å². The first kappa shape index (κ1) is 16.8. The van der Waals surface area contributed by atoms with Gasteiger partial charge in [-0.25, -0.2) is 0 Å². The van der Waals surface area contributed by atoms with Crippen molar-refractivity contribution in [3.8, 4) is 0 Å². The van der Waals surface area contributed by atoms with Crippen molar-refractivity contribution in [3.63, 3.8) is 0 Å². The summed E-state index contributed by atoms with van der Waals surface area (Å²) in [5.74, 6) is 0.580. The summed E-state index contributed by atoms with van der Waals surface area (Å²) in [6.45, 7) is 0. The molecule has 0 aliphatic carbocycles. The fourth-order valence-corrected chi connectivity index (χ4v) is 5.14. The molecule has 4 rings (SSSR count). The maximum absolute atomic E-state index is 11.8. The molecule has 3 atom stereocenters. The monoisotopic (exact) mass is 335 g/mol. The van der Waals surface area contributed by atoms with Crippen molar-refractivity contribution in [1.29, 1.82) is 0 Å². The lowest BCUT2D eigenvalue weighted by Crippen LogP contribution is -2.50. The second-order valence-corrected chi connectivity index (χ2v) is 8.04. The number of piperidine rings is 2. The Morgan fingerprint density at radius 1 is 0.880 bits per heavy atom. The smallest absolute Gasteiger partial charge is 0.115 e. The lowest BCUT2D eigenvalue weighted by atomic mass is 9.71. The molecule has 2 aromatic rings. The fraction of sp³-hybridized carbons (Fsp3) is 0.478. The molecular weight excluding hydrogens is 306 g/mol. The van der Waals surface area contributed by atoms with Gasteiger partial charge in [-0.2, -0.15) is 0 Å². The van der Waals surface area contributed by atoms with Crippen LogP contribution in [0.4, 0.5) is 0 Å². The van der Waals surface area contributed by atoms with Crippen molar-refractivity contribution in [2.45, 2.75) is 56.2 Å². The zero-order valence-corrected chi connectivity index (χ0v) is 15.1. The van der Waals surface area contributed by atoms with Gasteiger partial charge in [-0.15, -0.1) is 0 Å². The van der Waals surface area contributed by atoms with Gasteiger partial charge in [0.15, 0.2) is 0 Å². The summed E-state index contributed by atoms with van der Waals surface area (Å²) < 4.78 is 0. The maximum atomic E-state index is 11.8. The van der Waals surface area contributed by atoms with Crippen LogP contribution in [-0.4, -0.2) is 29.1 Å². The molecule has 2 bridgehead atoms. The Morgan fingerprint density at radius 2 is 1.36 bits per heavy atom. The molecule has 2 aromatic carbocycles. The number of rotatable bonds is 4. The van der Waals surface area contributed by atoms with Gasteiger partial charge in [0.1, 0.15) is 5.60 Å². The molecule has 2 aliphatic rings. The zero-order chi connectivity index (χ0) is 17.3. The average Bonchev–Trinajstić information content (AvgIpc) is 2.64. The summed E-state index contributed by atoms with van der Waals surface area (Å²) in [5.41, 5.74) is 1.15. The molecule has 2 heteroatoms. The van der Waals surface area contributed by atoms with E-state index in [4.69, 9.17) is 0 Å². The minimum Gasteiger partial charge on any atom is -0.380 e. The Bertz CT molecular complexity index is 630. The molecule has 2 saturated heterocycles. The SMILES string of the molecule is CN1[C@@H]2CCC[C@H]1C[C@@H](CC(O)(c1ccccc1)c1ccccc1)C2. The lowest BCUT2D eigenvalue weighted by molar-refractivity contribution is -0.00635. The van der Waals surface area contributed by atoms with Crippen molar-refractivity contribution in [2.75, 3.05) is 7.05 Å². The summed E-state index contributed by atoms with van der Waals surface area (Å²) in [7, 11) is 2.30. The van der Waals surface area contributed by atoms with Crippen molar-refractivity contribution in [1.82, 2.24) is 4.90 Å². The minimum absolute atomic E-state index is 0.580. The molecule has 0 spiro atoms. The van der Waals surface area contributed by atoms with Gasteiger partial charge in [0.05, 0.1) is 0 Å². The lowest BCUT2D eigenvalue weighted by Gasteiger charge is -2.48. The number of nitrogens with zero attached hydrogens (tertiary/aromatic N) is 1. The summed E-state index contributed by atoms with van der Waals surface area (Å²) in [6.07, 6.45) is 7.26. The third kappa shape index (κ3) is 3.26. The molecule has 0 saturated carbocycles. The topological polar surface area (TPSA) is 23.5 Å². The summed E-state index contributed by atoms with van der Waals surface area (Å²) >= 11 is 0. The molecule has 1 N–H and O–H groups in total. The summed E-state index contributed by atoms with van der Waals surface area (Å²) in [5, 5.41) is 11.8. The second-order valence-electron chi connectivity index (χ2n) is 8.04. The van der Waals surface area contributed by atoms with E-state index in [-0.39, 0.29) is 0 Å². The van der Waals surface area contributed by atoms with Gasteiger partial charge in [0.2, 0.25) is 0 Å². The van der Waals surface area contributed by atoms with E-state index in [9.17, 15) is 5.11 Å². The summed E-state index contributed by atoms with van der Waals surface area (Å²) in [6, 6.07) is 21.9. The zero-order valence-electron chi connectivity index (χ0n) is 15.1. The quantitative estimate of drug-likeness (QED) is 0.884. The van der Waals surface area contributed by atoms with Gasteiger partial charge < -0.3 is 10.0 Å². The van der Waals surface area contributed by atoms with E-state index in [0.29, 0.717) is 18.0 Å². The Labute approximate surface area is 151 Å². The maximum Gasteiger partial charge on any atom is 0.115 e. The van der Waals surface area contributed by atoms with Gasteiger partial charge in [-0.05, 0) is 56.2 Å². The predicted octanol–water partition coefficient (Wildman–Crippen LogP) is 4.58. The molecule has 0 amide bonds. The van der Waals surface area contributed by atoms with Crippen LogP contribution < -0.4 is 0 Å². The Kier molecular flexibility index (Phi) is 4.66. The molecule has 25 heavy (non-hydrogen) atoms. The molecule has 0 aromatic heterocycles. The van der Waals surface area contributed by atoms with Crippen LogP contribution in [0.25, 0.3) is 0 Å². The highest BCUT2D eigenvalue weighted by molar-refractivity contribution is 5.36. The molecule has 2 nitrogen and oxygen atoms in total. The largest absolute Gasteiger partial charge is 0.380 e. The van der Waals surface area contributed by atoms with Gasteiger partial charge in [-0.1, -0.05) is 67.1 Å². The van der Waals surface area contributed by atoms with E-state index in [1.807, 2.05) is 36.4 Å². The van der Waals surface area contributed by atoms with Crippen LogP contribution in [0.2, 0.25) is 0 Å². The average molecular weight is 335 g/mol. The molecule has 2 heterocycles. The van der Waals surface area contributed by atoms with E-state index < -0.39 is 5.60 Å². The highest BCUT2D eigenvalue weighted by Crippen LogP contribution is 2.43. The van der Waals surface area contributed by atoms with Gasteiger partial charge in [0.25, 0.3) is 0 Å².